The molecule has 0 aliphatic heterocycles. The maximum absolute atomic E-state index is 11.5. The maximum Gasteiger partial charge on any atom is 0.221 e. The molecule has 2 N–H and O–H groups in total. The molecule has 1 aromatic heterocycles. The van der Waals surface area contributed by atoms with Gasteiger partial charge in [-0.2, -0.15) is 0 Å². The van der Waals surface area contributed by atoms with Crippen molar-refractivity contribution in [2.45, 2.75) is 37.8 Å². The van der Waals surface area contributed by atoms with Crippen LogP contribution in [0.2, 0.25) is 0 Å². The predicted octanol–water partition coefficient (Wildman–Crippen LogP) is 1.92. The van der Waals surface area contributed by atoms with Gasteiger partial charge in [-0.1, -0.05) is 6.92 Å². The standard InChI is InChI=1S/C12H20N4OS/c1-4-9(2)16-11(17)5-6-13-10-7-12(18-3)15-8-14-10/h7-9H,4-6H2,1-3H3,(H,16,17)(H,13,14,15). The van der Waals surface area contributed by atoms with Crippen LogP contribution >= 0.6 is 11.8 Å². The number of hydrogen-bond donors (Lipinski definition) is 2. The second kappa shape index (κ2) is 7.92. The summed E-state index contributed by atoms with van der Waals surface area (Å²) in [4.78, 5) is 19.7. The van der Waals surface area contributed by atoms with Gasteiger partial charge in [-0.3, -0.25) is 4.79 Å². The van der Waals surface area contributed by atoms with Gasteiger partial charge in [-0.15, -0.1) is 11.8 Å². The van der Waals surface area contributed by atoms with Crippen LogP contribution in [-0.4, -0.2) is 34.7 Å². The molecular formula is C12H20N4OS. The Labute approximate surface area is 112 Å². The summed E-state index contributed by atoms with van der Waals surface area (Å²) >= 11 is 1.56. The molecule has 6 heteroatoms. The van der Waals surface area contributed by atoms with Crippen LogP contribution in [0.1, 0.15) is 26.7 Å². The van der Waals surface area contributed by atoms with Crippen LogP contribution in [0.3, 0.4) is 0 Å². The molecule has 0 aliphatic carbocycles. The lowest BCUT2D eigenvalue weighted by atomic mass is 10.2. The van der Waals surface area contributed by atoms with Gasteiger partial charge in [0.15, 0.2) is 0 Å². The molecule has 1 atom stereocenters. The first kappa shape index (κ1) is 14.8. The molecule has 0 radical (unpaired) electrons. The molecule has 0 fully saturated rings. The van der Waals surface area contributed by atoms with Crippen molar-refractivity contribution in [3.05, 3.63) is 12.4 Å². The van der Waals surface area contributed by atoms with Crippen molar-refractivity contribution in [3.63, 3.8) is 0 Å². The second-order valence-corrected chi connectivity index (χ2v) is 4.83. The molecule has 0 bridgehead atoms. The topological polar surface area (TPSA) is 66.9 Å². The van der Waals surface area contributed by atoms with Gasteiger partial charge in [-0.05, 0) is 19.6 Å². The SMILES string of the molecule is CCC(C)NC(=O)CCNc1cc(SC)ncn1. The van der Waals surface area contributed by atoms with Crippen LogP contribution in [0.25, 0.3) is 0 Å². The van der Waals surface area contributed by atoms with Gasteiger partial charge in [-0.25, -0.2) is 9.97 Å². The summed E-state index contributed by atoms with van der Waals surface area (Å²) in [5.41, 5.74) is 0. The van der Waals surface area contributed by atoms with E-state index < -0.39 is 0 Å². The minimum atomic E-state index is 0.0657. The molecule has 1 amide bonds. The van der Waals surface area contributed by atoms with Crippen molar-refractivity contribution in [2.75, 3.05) is 18.1 Å². The van der Waals surface area contributed by atoms with E-state index in [1.807, 2.05) is 26.2 Å². The number of carbonyl (C=O) groups is 1. The molecule has 1 unspecified atom stereocenters. The van der Waals surface area contributed by atoms with E-state index in [-0.39, 0.29) is 11.9 Å². The van der Waals surface area contributed by atoms with Crippen molar-refractivity contribution in [1.29, 1.82) is 0 Å². The lowest BCUT2D eigenvalue weighted by Gasteiger charge is -2.11. The number of aromatic nitrogens is 2. The van der Waals surface area contributed by atoms with Crippen molar-refractivity contribution in [1.82, 2.24) is 15.3 Å². The van der Waals surface area contributed by atoms with Crippen LogP contribution in [0, 0.1) is 0 Å². The molecule has 1 rings (SSSR count). The number of anilines is 1. The highest BCUT2D eigenvalue weighted by atomic mass is 32.2. The maximum atomic E-state index is 11.5. The minimum Gasteiger partial charge on any atom is -0.369 e. The molecular weight excluding hydrogens is 248 g/mol. The zero-order chi connectivity index (χ0) is 13.4. The molecule has 0 saturated carbocycles. The molecule has 1 aromatic rings. The van der Waals surface area contributed by atoms with E-state index in [9.17, 15) is 4.79 Å². The van der Waals surface area contributed by atoms with E-state index in [1.54, 1.807) is 11.8 Å². The third-order valence-corrected chi connectivity index (χ3v) is 3.17. The molecule has 0 spiro atoms. The van der Waals surface area contributed by atoms with E-state index in [4.69, 9.17) is 0 Å². The number of carbonyl (C=O) groups excluding carboxylic acids is 1. The molecule has 0 saturated heterocycles. The predicted molar refractivity (Wildman–Crippen MR) is 74.8 cm³/mol. The number of thioether (sulfide) groups is 1. The van der Waals surface area contributed by atoms with Gasteiger partial charge in [0.05, 0.1) is 0 Å². The molecule has 100 valence electrons. The summed E-state index contributed by atoms with van der Waals surface area (Å²) in [5, 5.41) is 6.95. The summed E-state index contributed by atoms with van der Waals surface area (Å²) < 4.78 is 0. The number of amides is 1. The number of nitrogens with zero attached hydrogens (tertiary/aromatic N) is 2. The molecule has 18 heavy (non-hydrogen) atoms. The van der Waals surface area contributed by atoms with E-state index in [2.05, 4.69) is 20.6 Å². The van der Waals surface area contributed by atoms with E-state index in [0.717, 1.165) is 17.3 Å². The van der Waals surface area contributed by atoms with Crippen molar-refractivity contribution in [2.24, 2.45) is 0 Å². The fourth-order valence-electron chi connectivity index (χ4n) is 1.30. The van der Waals surface area contributed by atoms with Gasteiger partial charge in [0.2, 0.25) is 5.91 Å². The van der Waals surface area contributed by atoms with Crippen LogP contribution in [0.4, 0.5) is 5.82 Å². The Kier molecular flexibility index (Phi) is 6.49. The Morgan fingerprint density at radius 2 is 2.28 bits per heavy atom. The normalized spacial score (nSPS) is 11.9. The van der Waals surface area contributed by atoms with Crippen LogP contribution in [-0.2, 0) is 4.79 Å². The van der Waals surface area contributed by atoms with Crippen LogP contribution in [0.15, 0.2) is 17.4 Å². The zero-order valence-corrected chi connectivity index (χ0v) is 11.9. The number of nitrogens with one attached hydrogen (secondary N) is 2. The average Bonchev–Trinajstić information content (AvgIpc) is 2.38. The van der Waals surface area contributed by atoms with Crippen LogP contribution < -0.4 is 10.6 Å². The first-order valence-corrected chi connectivity index (χ1v) is 7.27. The number of rotatable bonds is 7. The largest absolute Gasteiger partial charge is 0.369 e. The Morgan fingerprint density at radius 3 is 2.94 bits per heavy atom. The molecule has 5 nitrogen and oxygen atoms in total. The third-order valence-electron chi connectivity index (χ3n) is 2.53. The zero-order valence-electron chi connectivity index (χ0n) is 11.1. The smallest absolute Gasteiger partial charge is 0.221 e. The Morgan fingerprint density at radius 1 is 1.50 bits per heavy atom. The minimum absolute atomic E-state index is 0.0657. The van der Waals surface area contributed by atoms with Crippen molar-refractivity contribution >= 4 is 23.5 Å². The fraction of sp³-hybridized carbons (Fsp3) is 0.583. The van der Waals surface area contributed by atoms with Crippen molar-refractivity contribution in [3.8, 4) is 0 Å². The summed E-state index contributed by atoms with van der Waals surface area (Å²) in [6, 6.07) is 2.11. The average molecular weight is 268 g/mol. The monoisotopic (exact) mass is 268 g/mol. The molecule has 1 heterocycles. The van der Waals surface area contributed by atoms with Gasteiger partial charge >= 0.3 is 0 Å². The van der Waals surface area contributed by atoms with E-state index in [1.165, 1.54) is 6.33 Å². The highest BCUT2D eigenvalue weighted by Gasteiger charge is 2.05. The highest BCUT2D eigenvalue weighted by Crippen LogP contribution is 2.13. The lowest BCUT2D eigenvalue weighted by Crippen LogP contribution is -2.33. The fourth-order valence-corrected chi connectivity index (χ4v) is 1.68. The Balaban J connectivity index is 2.30. The van der Waals surface area contributed by atoms with Gasteiger partial charge in [0, 0.05) is 25.1 Å². The summed E-state index contributed by atoms with van der Waals surface area (Å²) in [7, 11) is 0. The highest BCUT2D eigenvalue weighted by molar-refractivity contribution is 7.98. The van der Waals surface area contributed by atoms with Gasteiger partial charge < -0.3 is 10.6 Å². The summed E-state index contributed by atoms with van der Waals surface area (Å²) in [6.45, 7) is 4.63. The Bertz CT molecular complexity index is 386. The summed E-state index contributed by atoms with van der Waals surface area (Å²) in [5.74, 6) is 0.821. The van der Waals surface area contributed by atoms with Crippen LogP contribution in [0.5, 0.6) is 0 Å². The molecule has 0 aromatic carbocycles. The molecule has 0 aliphatic rings. The van der Waals surface area contributed by atoms with Gasteiger partial charge in [0.1, 0.15) is 17.2 Å². The lowest BCUT2D eigenvalue weighted by molar-refractivity contribution is -0.121. The second-order valence-electron chi connectivity index (χ2n) is 4.00. The quantitative estimate of drug-likeness (QED) is 0.584. The first-order valence-electron chi connectivity index (χ1n) is 6.05. The third kappa shape index (κ3) is 5.35. The van der Waals surface area contributed by atoms with E-state index >= 15 is 0 Å². The first-order chi connectivity index (χ1) is 8.65. The van der Waals surface area contributed by atoms with E-state index in [0.29, 0.717) is 13.0 Å². The summed E-state index contributed by atoms with van der Waals surface area (Å²) in [6.07, 6.45) is 4.88. The van der Waals surface area contributed by atoms with Crippen molar-refractivity contribution < 1.29 is 4.79 Å². The number of hydrogen-bond acceptors (Lipinski definition) is 5. The van der Waals surface area contributed by atoms with Gasteiger partial charge in [0.25, 0.3) is 0 Å². The Hall–Kier alpha value is -1.30.